The minimum Gasteiger partial charge on any atom is -0.347 e. The van der Waals surface area contributed by atoms with Crippen molar-refractivity contribution < 1.29 is 4.79 Å². The molecule has 0 saturated heterocycles. The molecule has 2 aromatic heterocycles. The van der Waals surface area contributed by atoms with Crippen LogP contribution in [0.2, 0.25) is 0 Å². The third-order valence-electron chi connectivity index (χ3n) is 3.79. The summed E-state index contributed by atoms with van der Waals surface area (Å²) in [6, 6.07) is 14.1. The van der Waals surface area contributed by atoms with Crippen molar-refractivity contribution in [3.8, 4) is 0 Å². The molecule has 3 rings (SSSR count). The van der Waals surface area contributed by atoms with Gasteiger partial charge in [0.15, 0.2) is 0 Å². The van der Waals surface area contributed by atoms with Crippen LogP contribution in [-0.2, 0) is 13.1 Å². The molecule has 0 atom stereocenters. The van der Waals surface area contributed by atoms with Crippen molar-refractivity contribution in [2.45, 2.75) is 26.9 Å². The quantitative estimate of drug-likeness (QED) is 0.780. The van der Waals surface area contributed by atoms with E-state index in [0.29, 0.717) is 18.7 Å². The number of hydrogen-bond donors (Lipinski definition) is 1. The Balaban J connectivity index is 1.76. The molecule has 2 heterocycles. The molecule has 4 nitrogen and oxygen atoms in total. The molecule has 0 aliphatic heterocycles. The van der Waals surface area contributed by atoms with Crippen LogP contribution >= 0.6 is 11.3 Å². The largest absolute Gasteiger partial charge is 0.347 e. The topological polar surface area (TPSA) is 46.9 Å². The Bertz CT molecular complexity index is 791. The number of thiophene rings is 1. The van der Waals surface area contributed by atoms with Crippen LogP contribution in [0.25, 0.3) is 0 Å². The minimum absolute atomic E-state index is 0.0623. The van der Waals surface area contributed by atoms with E-state index in [1.54, 1.807) is 11.3 Å². The molecule has 118 valence electrons. The molecule has 0 saturated carbocycles. The molecular formula is C18H19N3OS. The second-order valence-electron chi connectivity index (χ2n) is 5.45. The zero-order valence-corrected chi connectivity index (χ0v) is 14.1. The number of carbonyl (C=O) groups is 1. The van der Waals surface area contributed by atoms with Gasteiger partial charge < -0.3 is 5.32 Å². The monoisotopic (exact) mass is 325 g/mol. The fourth-order valence-electron chi connectivity index (χ4n) is 2.60. The van der Waals surface area contributed by atoms with E-state index in [2.05, 4.69) is 22.5 Å². The molecular weight excluding hydrogens is 306 g/mol. The zero-order valence-electron chi connectivity index (χ0n) is 13.2. The van der Waals surface area contributed by atoms with Crippen molar-refractivity contribution in [2.75, 3.05) is 0 Å². The molecule has 0 bridgehead atoms. The Morgan fingerprint density at radius 3 is 2.65 bits per heavy atom. The van der Waals surface area contributed by atoms with E-state index >= 15 is 0 Å². The van der Waals surface area contributed by atoms with Crippen LogP contribution in [0, 0.1) is 13.8 Å². The minimum atomic E-state index is -0.0623. The SMILES string of the molecule is Cc1nn(Cc2ccccc2)c(C)c1C(=O)NCc1cccs1. The first-order valence-corrected chi connectivity index (χ1v) is 8.41. The Morgan fingerprint density at radius 2 is 1.96 bits per heavy atom. The highest BCUT2D eigenvalue weighted by molar-refractivity contribution is 7.09. The summed E-state index contributed by atoms with van der Waals surface area (Å²) in [7, 11) is 0. The lowest BCUT2D eigenvalue weighted by Crippen LogP contribution is -2.23. The lowest BCUT2D eigenvalue weighted by molar-refractivity contribution is 0.0950. The molecule has 0 unspecified atom stereocenters. The van der Waals surface area contributed by atoms with Gasteiger partial charge in [-0.1, -0.05) is 36.4 Å². The standard InChI is InChI=1S/C18H19N3OS/c1-13-17(18(22)19-11-16-9-6-10-23-16)14(2)21(20-13)12-15-7-4-3-5-8-15/h3-10H,11-12H2,1-2H3,(H,19,22). The molecule has 0 fully saturated rings. The summed E-state index contributed by atoms with van der Waals surface area (Å²) < 4.78 is 1.89. The highest BCUT2D eigenvalue weighted by Crippen LogP contribution is 2.15. The number of nitrogens with zero attached hydrogens (tertiary/aromatic N) is 2. The van der Waals surface area contributed by atoms with Gasteiger partial charge in [-0.3, -0.25) is 9.48 Å². The molecule has 1 N–H and O–H groups in total. The predicted octanol–water partition coefficient (Wildman–Crippen LogP) is 3.54. The van der Waals surface area contributed by atoms with Gasteiger partial charge in [0.25, 0.3) is 5.91 Å². The lowest BCUT2D eigenvalue weighted by Gasteiger charge is -2.06. The smallest absolute Gasteiger partial charge is 0.255 e. The Kier molecular flexibility index (Phi) is 4.57. The summed E-state index contributed by atoms with van der Waals surface area (Å²) in [4.78, 5) is 13.6. The first-order valence-electron chi connectivity index (χ1n) is 7.53. The van der Waals surface area contributed by atoms with Crippen molar-refractivity contribution >= 4 is 17.2 Å². The Labute approximate surface area is 139 Å². The lowest BCUT2D eigenvalue weighted by atomic mass is 10.1. The molecule has 1 amide bonds. The average Bonchev–Trinajstić information content (AvgIpc) is 3.15. The third-order valence-corrected chi connectivity index (χ3v) is 4.66. The van der Waals surface area contributed by atoms with E-state index in [1.807, 2.05) is 54.2 Å². The van der Waals surface area contributed by atoms with Gasteiger partial charge in [-0.25, -0.2) is 0 Å². The van der Waals surface area contributed by atoms with Gasteiger partial charge in [0.05, 0.1) is 24.3 Å². The molecule has 1 aromatic carbocycles. The second-order valence-corrected chi connectivity index (χ2v) is 6.48. The summed E-state index contributed by atoms with van der Waals surface area (Å²) in [6.45, 7) is 5.06. The fraction of sp³-hybridized carbons (Fsp3) is 0.222. The predicted molar refractivity (Wildman–Crippen MR) is 92.7 cm³/mol. The van der Waals surface area contributed by atoms with Crippen LogP contribution in [0.5, 0.6) is 0 Å². The summed E-state index contributed by atoms with van der Waals surface area (Å²) >= 11 is 1.64. The van der Waals surface area contributed by atoms with Gasteiger partial charge in [-0.15, -0.1) is 11.3 Å². The molecule has 0 aliphatic carbocycles. The van der Waals surface area contributed by atoms with Gasteiger partial charge in [0, 0.05) is 10.6 Å². The van der Waals surface area contributed by atoms with E-state index in [-0.39, 0.29) is 5.91 Å². The molecule has 0 aliphatic rings. The van der Waals surface area contributed by atoms with Gasteiger partial charge in [-0.2, -0.15) is 5.10 Å². The van der Waals surface area contributed by atoms with Crippen molar-refractivity contribution in [1.82, 2.24) is 15.1 Å². The zero-order chi connectivity index (χ0) is 16.2. The normalized spacial score (nSPS) is 10.7. The molecule has 23 heavy (non-hydrogen) atoms. The van der Waals surface area contributed by atoms with Crippen LogP contribution in [0.4, 0.5) is 0 Å². The average molecular weight is 325 g/mol. The maximum absolute atomic E-state index is 12.5. The third kappa shape index (κ3) is 3.51. The number of nitrogens with one attached hydrogen (secondary N) is 1. The highest BCUT2D eigenvalue weighted by atomic mass is 32.1. The summed E-state index contributed by atoms with van der Waals surface area (Å²) in [5.74, 6) is -0.0623. The van der Waals surface area contributed by atoms with Crippen LogP contribution in [0.3, 0.4) is 0 Å². The number of hydrogen-bond acceptors (Lipinski definition) is 3. The Hall–Kier alpha value is -2.40. The number of aromatic nitrogens is 2. The van der Waals surface area contributed by atoms with E-state index in [4.69, 9.17) is 0 Å². The van der Waals surface area contributed by atoms with Gasteiger partial charge in [0.1, 0.15) is 0 Å². The molecule has 0 radical (unpaired) electrons. The maximum atomic E-state index is 12.5. The maximum Gasteiger partial charge on any atom is 0.255 e. The summed E-state index contributed by atoms with van der Waals surface area (Å²) in [6.07, 6.45) is 0. The fourth-order valence-corrected chi connectivity index (χ4v) is 3.25. The van der Waals surface area contributed by atoms with Crippen LogP contribution in [0.1, 0.15) is 32.2 Å². The molecule has 3 aromatic rings. The van der Waals surface area contributed by atoms with Crippen LogP contribution in [0.15, 0.2) is 47.8 Å². The van der Waals surface area contributed by atoms with Crippen LogP contribution < -0.4 is 5.32 Å². The van der Waals surface area contributed by atoms with Gasteiger partial charge in [0.2, 0.25) is 0 Å². The Morgan fingerprint density at radius 1 is 1.17 bits per heavy atom. The first kappa shape index (κ1) is 15.5. The molecule has 0 spiro atoms. The highest BCUT2D eigenvalue weighted by Gasteiger charge is 2.18. The van der Waals surface area contributed by atoms with Gasteiger partial charge in [-0.05, 0) is 30.9 Å². The number of carbonyl (C=O) groups excluding carboxylic acids is 1. The summed E-state index contributed by atoms with van der Waals surface area (Å²) in [5, 5.41) is 9.52. The molecule has 5 heteroatoms. The van der Waals surface area contributed by atoms with Crippen LogP contribution in [-0.4, -0.2) is 15.7 Å². The summed E-state index contributed by atoms with van der Waals surface area (Å²) in [5.41, 5.74) is 3.51. The number of amides is 1. The van der Waals surface area contributed by atoms with Crippen molar-refractivity contribution in [1.29, 1.82) is 0 Å². The van der Waals surface area contributed by atoms with E-state index < -0.39 is 0 Å². The van der Waals surface area contributed by atoms with Crippen molar-refractivity contribution in [3.63, 3.8) is 0 Å². The van der Waals surface area contributed by atoms with E-state index in [1.165, 1.54) is 5.56 Å². The van der Waals surface area contributed by atoms with Crippen molar-refractivity contribution in [3.05, 3.63) is 75.2 Å². The number of rotatable bonds is 5. The number of aryl methyl sites for hydroxylation is 1. The first-order chi connectivity index (χ1) is 11.1. The van der Waals surface area contributed by atoms with E-state index in [9.17, 15) is 4.79 Å². The van der Waals surface area contributed by atoms with E-state index in [0.717, 1.165) is 16.3 Å². The number of benzene rings is 1. The van der Waals surface area contributed by atoms with Gasteiger partial charge >= 0.3 is 0 Å². The van der Waals surface area contributed by atoms with Crippen molar-refractivity contribution in [2.24, 2.45) is 0 Å². The second kappa shape index (κ2) is 6.79.